The summed E-state index contributed by atoms with van der Waals surface area (Å²) in [5.41, 5.74) is 0.0740. The fourth-order valence-corrected chi connectivity index (χ4v) is 3.63. The Balaban J connectivity index is 0.000000231. The zero-order valence-electron chi connectivity index (χ0n) is 23.0. The Morgan fingerprint density at radius 3 is 1.57 bits per heavy atom. The van der Waals surface area contributed by atoms with Gasteiger partial charge in [0.2, 0.25) is 0 Å². The molecule has 0 aliphatic carbocycles. The molecule has 0 saturated carbocycles. The lowest BCUT2D eigenvalue weighted by molar-refractivity contribution is -0.138. The molecule has 0 N–H and O–H groups in total. The van der Waals surface area contributed by atoms with Crippen LogP contribution in [0.1, 0.15) is 82.8 Å². The molecule has 15 heteroatoms. The van der Waals surface area contributed by atoms with Gasteiger partial charge >= 0.3 is 18.3 Å². The van der Waals surface area contributed by atoms with Crippen LogP contribution >= 0.6 is 0 Å². The summed E-state index contributed by atoms with van der Waals surface area (Å²) in [4.78, 5) is 30.1. The summed E-state index contributed by atoms with van der Waals surface area (Å²) in [6, 6.07) is 4.26. The molecule has 4 heterocycles. The number of hydrogen-bond acceptors (Lipinski definition) is 7. The monoisotopic (exact) mass is 596 g/mol. The number of aldehydes is 1. The van der Waals surface area contributed by atoms with E-state index in [1.165, 1.54) is 41.0 Å². The summed E-state index contributed by atoms with van der Waals surface area (Å²) in [5.74, 6) is -0.157. The largest absolute Gasteiger partial charge is 0.465 e. The highest BCUT2D eigenvalue weighted by atomic mass is 19.4. The highest BCUT2D eigenvalue weighted by molar-refractivity contribution is 5.90. The first-order valence-corrected chi connectivity index (χ1v) is 12.4. The SMILES string of the molecule is CC(C)c1nn(-c2ccc(C(F)(F)F)cn2)cc1C=O.COC(=O)c1cn(-c2ccc(C(F)(F)F)cn2)nc1C(C)C. The van der Waals surface area contributed by atoms with Gasteiger partial charge in [-0.2, -0.15) is 36.5 Å². The Labute approximate surface area is 236 Å². The van der Waals surface area contributed by atoms with Crippen LogP contribution in [-0.4, -0.2) is 48.9 Å². The van der Waals surface area contributed by atoms with E-state index in [4.69, 9.17) is 0 Å². The number of pyridine rings is 2. The normalized spacial score (nSPS) is 11.8. The highest BCUT2D eigenvalue weighted by Gasteiger charge is 2.31. The van der Waals surface area contributed by atoms with Gasteiger partial charge in [-0.25, -0.2) is 24.1 Å². The van der Waals surface area contributed by atoms with Crippen LogP contribution in [0.2, 0.25) is 0 Å². The first kappa shape index (κ1) is 32.0. The molecular weight excluding hydrogens is 570 g/mol. The summed E-state index contributed by atoms with van der Waals surface area (Å²) in [6.45, 7) is 7.44. The molecule has 9 nitrogen and oxygen atoms in total. The van der Waals surface area contributed by atoms with E-state index in [1.54, 1.807) is 0 Å². The number of esters is 1. The average Bonchev–Trinajstić information content (AvgIpc) is 3.58. The fourth-order valence-electron chi connectivity index (χ4n) is 3.63. The quantitative estimate of drug-likeness (QED) is 0.144. The molecule has 224 valence electrons. The molecule has 0 bridgehead atoms. The second-order valence-electron chi connectivity index (χ2n) is 9.51. The second kappa shape index (κ2) is 12.5. The van der Waals surface area contributed by atoms with Crippen LogP contribution in [0, 0.1) is 0 Å². The summed E-state index contributed by atoms with van der Waals surface area (Å²) in [7, 11) is 1.25. The number of nitrogens with zero attached hydrogens (tertiary/aromatic N) is 6. The third-order valence-corrected chi connectivity index (χ3v) is 5.76. The molecule has 0 atom stereocenters. The Kier molecular flexibility index (Phi) is 9.53. The molecule has 0 aliphatic rings. The van der Waals surface area contributed by atoms with Crippen LogP contribution < -0.4 is 0 Å². The molecule has 0 aliphatic heterocycles. The maximum atomic E-state index is 12.5. The van der Waals surface area contributed by atoms with Gasteiger partial charge in [-0.05, 0) is 36.1 Å². The molecule has 4 rings (SSSR count). The summed E-state index contributed by atoms with van der Waals surface area (Å²) in [6.07, 6.45) is -3.88. The van der Waals surface area contributed by atoms with Gasteiger partial charge in [0.1, 0.15) is 5.56 Å². The van der Waals surface area contributed by atoms with E-state index in [2.05, 4.69) is 24.9 Å². The molecule has 0 fully saturated rings. The summed E-state index contributed by atoms with van der Waals surface area (Å²) >= 11 is 0. The van der Waals surface area contributed by atoms with Gasteiger partial charge in [0.05, 0.1) is 35.2 Å². The molecule has 0 unspecified atom stereocenters. The van der Waals surface area contributed by atoms with E-state index < -0.39 is 29.4 Å². The number of carbonyl (C=O) groups excluding carboxylic acids is 2. The van der Waals surface area contributed by atoms with Crippen molar-refractivity contribution >= 4 is 12.3 Å². The molecule has 0 radical (unpaired) electrons. The Morgan fingerprint density at radius 2 is 1.24 bits per heavy atom. The smallest absolute Gasteiger partial charge is 0.417 e. The van der Waals surface area contributed by atoms with Gasteiger partial charge in [-0.3, -0.25) is 4.79 Å². The van der Waals surface area contributed by atoms with E-state index in [1.807, 2.05) is 27.7 Å². The molecule has 4 aromatic rings. The zero-order valence-corrected chi connectivity index (χ0v) is 23.0. The van der Waals surface area contributed by atoms with Gasteiger partial charge in [0, 0.05) is 24.8 Å². The van der Waals surface area contributed by atoms with E-state index in [0.717, 1.165) is 24.5 Å². The molecule has 42 heavy (non-hydrogen) atoms. The minimum atomic E-state index is -4.45. The van der Waals surface area contributed by atoms with Crippen LogP contribution in [0.5, 0.6) is 0 Å². The van der Waals surface area contributed by atoms with Crippen molar-refractivity contribution in [1.82, 2.24) is 29.5 Å². The molecule has 0 amide bonds. The second-order valence-corrected chi connectivity index (χ2v) is 9.51. The van der Waals surface area contributed by atoms with Gasteiger partial charge in [-0.1, -0.05) is 27.7 Å². The standard InChI is InChI=1S/C14H14F3N3O2.C13H12F3N3O/c1-8(2)12-10(13(21)22-3)7-20(19-12)11-5-4-9(6-18-11)14(15,16)17;1-8(2)12-9(7-20)6-19(18-12)11-4-3-10(5-17-11)13(14,15)16/h4-8H,1-3H3;3-8H,1-2H3. The maximum Gasteiger partial charge on any atom is 0.417 e. The number of rotatable bonds is 6. The Bertz CT molecular complexity index is 1520. The van der Waals surface area contributed by atoms with Crippen molar-refractivity contribution in [1.29, 1.82) is 0 Å². The first-order chi connectivity index (χ1) is 19.6. The van der Waals surface area contributed by atoms with Crippen LogP contribution in [0.15, 0.2) is 49.1 Å². The third kappa shape index (κ3) is 7.39. The summed E-state index contributed by atoms with van der Waals surface area (Å²) < 4.78 is 82.1. The molecular formula is C27H26F6N6O3. The van der Waals surface area contributed by atoms with Crippen LogP contribution in [0.25, 0.3) is 11.6 Å². The van der Waals surface area contributed by atoms with Crippen LogP contribution in [0.3, 0.4) is 0 Å². The molecule has 0 aromatic carbocycles. The highest BCUT2D eigenvalue weighted by Crippen LogP contribution is 2.30. The number of halogens is 6. The minimum Gasteiger partial charge on any atom is -0.465 e. The Morgan fingerprint density at radius 1 is 0.786 bits per heavy atom. The zero-order chi connectivity index (χ0) is 31.4. The van der Waals surface area contributed by atoms with Crippen molar-refractivity contribution < 1.29 is 40.7 Å². The van der Waals surface area contributed by atoms with Crippen molar-refractivity contribution in [2.45, 2.75) is 51.9 Å². The van der Waals surface area contributed by atoms with Crippen LogP contribution in [-0.2, 0) is 17.1 Å². The Hall–Kier alpha value is -4.56. The van der Waals surface area contributed by atoms with Crippen molar-refractivity contribution in [2.24, 2.45) is 0 Å². The van der Waals surface area contributed by atoms with Gasteiger partial charge in [-0.15, -0.1) is 0 Å². The minimum absolute atomic E-state index is 0.0332. The predicted molar refractivity (Wildman–Crippen MR) is 138 cm³/mol. The summed E-state index contributed by atoms with van der Waals surface area (Å²) in [5, 5.41) is 8.40. The molecule has 0 saturated heterocycles. The number of carbonyl (C=O) groups is 2. The maximum absolute atomic E-state index is 12.5. The lowest BCUT2D eigenvalue weighted by Gasteiger charge is -2.06. The van der Waals surface area contributed by atoms with Crippen molar-refractivity contribution in [3.05, 3.63) is 82.7 Å². The fraction of sp³-hybridized carbons (Fsp3) is 0.333. The van der Waals surface area contributed by atoms with E-state index in [0.29, 0.717) is 23.2 Å². The van der Waals surface area contributed by atoms with E-state index in [9.17, 15) is 35.9 Å². The number of aromatic nitrogens is 6. The number of methoxy groups -OCH3 is 1. The first-order valence-electron chi connectivity index (χ1n) is 12.4. The molecule has 0 spiro atoms. The van der Waals surface area contributed by atoms with Crippen molar-refractivity contribution in [3.63, 3.8) is 0 Å². The molecule has 4 aromatic heterocycles. The van der Waals surface area contributed by atoms with E-state index in [-0.39, 0.29) is 29.0 Å². The third-order valence-electron chi connectivity index (χ3n) is 5.76. The lowest BCUT2D eigenvalue weighted by Crippen LogP contribution is -2.07. The lowest BCUT2D eigenvalue weighted by atomic mass is 10.1. The number of alkyl halides is 6. The average molecular weight is 597 g/mol. The van der Waals surface area contributed by atoms with Crippen molar-refractivity contribution in [3.8, 4) is 11.6 Å². The van der Waals surface area contributed by atoms with Gasteiger partial charge < -0.3 is 4.74 Å². The topological polar surface area (TPSA) is 105 Å². The van der Waals surface area contributed by atoms with Gasteiger partial charge in [0.25, 0.3) is 0 Å². The number of hydrogen-bond donors (Lipinski definition) is 0. The number of ether oxygens (including phenoxy) is 1. The van der Waals surface area contributed by atoms with Crippen molar-refractivity contribution in [2.75, 3.05) is 7.11 Å². The van der Waals surface area contributed by atoms with E-state index >= 15 is 0 Å². The predicted octanol–water partition coefficient (Wildman–Crippen LogP) is 6.42. The van der Waals surface area contributed by atoms with Gasteiger partial charge in [0.15, 0.2) is 17.9 Å². The van der Waals surface area contributed by atoms with Crippen LogP contribution in [0.4, 0.5) is 26.3 Å².